The van der Waals surface area contributed by atoms with Gasteiger partial charge in [-0.05, 0) is 31.5 Å². The van der Waals surface area contributed by atoms with Crippen molar-refractivity contribution in [1.82, 2.24) is 14.5 Å². The fourth-order valence-corrected chi connectivity index (χ4v) is 4.31. The van der Waals surface area contributed by atoms with Crippen LogP contribution < -0.4 is 4.72 Å². The lowest BCUT2D eigenvalue weighted by Crippen LogP contribution is -2.31. The van der Waals surface area contributed by atoms with Crippen LogP contribution in [-0.4, -0.2) is 24.1 Å². The molecule has 0 radical (unpaired) electrons. The Morgan fingerprint density at radius 3 is 2.37 bits per heavy atom. The molecule has 27 heavy (non-hydrogen) atoms. The van der Waals surface area contributed by atoms with Crippen LogP contribution in [-0.2, 0) is 16.6 Å². The molecule has 3 aromatic rings. The maximum atomic E-state index is 12.7. The Morgan fingerprint density at radius 2 is 1.70 bits per heavy atom. The summed E-state index contributed by atoms with van der Waals surface area (Å²) in [6.45, 7) is 3.89. The summed E-state index contributed by atoms with van der Waals surface area (Å²) in [4.78, 5) is 12.5. The minimum Gasteiger partial charge on any atom is -0.268 e. The van der Waals surface area contributed by atoms with E-state index in [0.717, 1.165) is 5.56 Å². The zero-order valence-electron chi connectivity index (χ0n) is 14.8. The number of halogens is 1. The van der Waals surface area contributed by atoms with E-state index in [0.29, 0.717) is 17.9 Å². The molecule has 6 nitrogen and oxygen atoms in total. The van der Waals surface area contributed by atoms with E-state index in [-0.39, 0.29) is 15.5 Å². The summed E-state index contributed by atoms with van der Waals surface area (Å²) < 4.78 is 28.8. The van der Waals surface area contributed by atoms with Crippen molar-refractivity contribution in [3.05, 3.63) is 82.1 Å². The number of carbonyl (C=O) groups is 1. The standard InChI is InChI=1S/C19H18ClN3O3S/c1-13-18(14(2)23(21-13)12-15-8-4-3-5-9-15)19(24)22-27(25,26)17-11-7-6-10-16(17)20/h3-11H,12H2,1-2H3,(H,22,24). The van der Waals surface area contributed by atoms with Gasteiger partial charge in [-0.3, -0.25) is 9.48 Å². The Balaban J connectivity index is 1.88. The lowest BCUT2D eigenvalue weighted by molar-refractivity contribution is 0.0980. The first-order valence-corrected chi connectivity index (χ1v) is 10.1. The number of benzene rings is 2. The van der Waals surface area contributed by atoms with E-state index in [4.69, 9.17) is 11.6 Å². The summed E-state index contributed by atoms with van der Waals surface area (Å²) in [5, 5.41) is 4.43. The third-order valence-electron chi connectivity index (χ3n) is 4.14. The van der Waals surface area contributed by atoms with Crippen molar-refractivity contribution in [3.8, 4) is 0 Å². The maximum Gasteiger partial charge on any atom is 0.268 e. The highest BCUT2D eigenvalue weighted by Gasteiger charge is 2.25. The molecule has 0 aliphatic rings. The second-order valence-corrected chi connectivity index (χ2v) is 8.11. The molecule has 0 aliphatic heterocycles. The number of rotatable bonds is 5. The molecule has 0 spiro atoms. The Bertz CT molecular complexity index is 1090. The van der Waals surface area contributed by atoms with Crippen LogP contribution in [0.25, 0.3) is 0 Å². The average Bonchev–Trinajstić information content (AvgIpc) is 2.89. The molecule has 2 aromatic carbocycles. The van der Waals surface area contributed by atoms with Gasteiger partial charge in [0.15, 0.2) is 0 Å². The maximum absolute atomic E-state index is 12.7. The molecule has 0 saturated heterocycles. The molecular weight excluding hydrogens is 386 g/mol. The number of nitrogens with zero attached hydrogens (tertiary/aromatic N) is 2. The van der Waals surface area contributed by atoms with Crippen molar-refractivity contribution < 1.29 is 13.2 Å². The normalized spacial score (nSPS) is 11.4. The highest BCUT2D eigenvalue weighted by atomic mass is 35.5. The van der Waals surface area contributed by atoms with Crippen LogP contribution in [0.2, 0.25) is 5.02 Å². The third kappa shape index (κ3) is 4.04. The second-order valence-electron chi connectivity index (χ2n) is 6.05. The molecule has 8 heteroatoms. The fourth-order valence-electron chi connectivity index (χ4n) is 2.83. The van der Waals surface area contributed by atoms with Gasteiger partial charge in [0.25, 0.3) is 15.9 Å². The minimum absolute atomic E-state index is 0.0472. The first-order chi connectivity index (χ1) is 12.8. The predicted octanol–water partition coefficient (Wildman–Crippen LogP) is 3.32. The van der Waals surface area contributed by atoms with Crippen molar-refractivity contribution in [1.29, 1.82) is 0 Å². The van der Waals surface area contributed by atoms with E-state index in [9.17, 15) is 13.2 Å². The topological polar surface area (TPSA) is 81.1 Å². The number of carbonyl (C=O) groups excluding carboxylic acids is 1. The van der Waals surface area contributed by atoms with E-state index in [1.54, 1.807) is 30.7 Å². The van der Waals surface area contributed by atoms with Crippen LogP contribution in [0, 0.1) is 13.8 Å². The van der Waals surface area contributed by atoms with Gasteiger partial charge in [-0.2, -0.15) is 5.10 Å². The molecular formula is C19H18ClN3O3S. The van der Waals surface area contributed by atoms with Crippen LogP contribution in [0.5, 0.6) is 0 Å². The van der Waals surface area contributed by atoms with Crippen molar-refractivity contribution in [2.75, 3.05) is 0 Å². The molecule has 0 bridgehead atoms. The highest BCUT2D eigenvalue weighted by molar-refractivity contribution is 7.90. The molecule has 0 aliphatic carbocycles. The molecule has 1 amide bonds. The van der Waals surface area contributed by atoms with Gasteiger partial charge in [0.1, 0.15) is 4.90 Å². The van der Waals surface area contributed by atoms with Crippen molar-refractivity contribution >= 4 is 27.5 Å². The molecule has 140 valence electrons. The SMILES string of the molecule is Cc1nn(Cc2ccccc2)c(C)c1C(=O)NS(=O)(=O)c1ccccc1Cl. The van der Waals surface area contributed by atoms with Crippen LogP contribution in [0.1, 0.15) is 27.3 Å². The van der Waals surface area contributed by atoms with E-state index in [1.807, 2.05) is 30.3 Å². The van der Waals surface area contributed by atoms with Gasteiger partial charge in [0.2, 0.25) is 0 Å². The number of nitrogens with one attached hydrogen (secondary N) is 1. The minimum atomic E-state index is -4.09. The number of amides is 1. The van der Waals surface area contributed by atoms with Crippen molar-refractivity contribution in [2.24, 2.45) is 0 Å². The predicted molar refractivity (Wildman–Crippen MR) is 103 cm³/mol. The summed E-state index contributed by atoms with van der Waals surface area (Å²) >= 11 is 5.95. The van der Waals surface area contributed by atoms with Crippen LogP contribution in [0.3, 0.4) is 0 Å². The van der Waals surface area contributed by atoms with E-state index in [1.165, 1.54) is 12.1 Å². The smallest absolute Gasteiger partial charge is 0.268 e. The molecule has 0 fully saturated rings. The monoisotopic (exact) mass is 403 g/mol. The zero-order chi connectivity index (χ0) is 19.6. The van der Waals surface area contributed by atoms with E-state index in [2.05, 4.69) is 9.82 Å². The third-order valence-corrected chi connectivity index (χ3v) is 5.97. The Morgan fingerprint density at radius 1 is 1.07 bits per heavy atom. The summed E-state index contributed by atoms with van der Waals surface area (Å²) in [7, 11) is -4.09. The van der Waals surface area contributed by atoms with Crippen molar-refractivity contribution in [2.45, 2.75) is 25.3 Å². The first kappa shape index (κ1) is 19.1. The zero-order valence-corrected chi connectivity index (χ0v) is 16.4. The second kappa shape index (κ2) is 7.54. The van der Waals surface area contributed by atoms with Gasteiger partial charge >= 0.3 is 0 Å². The van der Waals surface area contributed by atoms with Gasteiger partial charge < -0.3 is 0 Å². The van der Waals surface area contributed by atoms with Gasteiger partial charge in [0.05, 0.1) is 22.8 Å². The van der Waals surface area contributed by atoms with Crippen molar-refractivity contribution in [3.63, 3.8) is 0 Å². The molecule has 1 N–H and O–H groups in total. The first-order valence-electron chi connectivity index (χ1n) is 8.19. The van der Waals surface area contributed by atoms with Gasteiger partial charge in [-0.1, -0.05) is 54.1 Å². The Kier molecular flexibility index (Phi) is 5.34. The lowest BCUT2D eigenvalue weighted by atomic mass is 10.2. The molecule has 0 atom stereocenters. The number of aryl methyl sites for hydroxylation is 1. The summed E-state index contributed by atoms with van der Waals surface area (Å²) in [5.41, 5.74) is 2.30. The highest BCUT2D eigenvalue weighted by Crippen LogP contribution is 2.21. The molecule has 3 rings (SSSR count). The summed E-state index contributed by atoms with van der Waals surface area (Å²) in [5.74, 6) is -0.732. The summed E-state index contributed by atoms with van der Waals surface area (Å²) in [6, 6.07) is 15.6. The quantitative estimate of drug-likeness (QED) is 0.708. The Hall–Kier alpha value is -2.64. The number of hydrogen-bond acceptors (Lipinski definition) is 4. The molecule has 1 heterocycles. The van der Waals surface area contributed by atoms with Gasteiger partial charge in [0, 0.05) is 5.69 Å². The van der Waals surface area contributed by atoms with Gasteiger partial charge in [-0.15, -0.1) is 0 Å². The van der Waals surface area contributed by atoms with E-state index < -0.39 is 15.9 Å². The number of aromatic nitrogens is 2. The average molecular weight is 404 g/mol. The lowest BCUT2D eigenvalue weighted by Gasteiger charge is -2.09. The largest absolute Gasteiger partial charge is 0.268 e. The van der Waals surface area contributed by atoms with E-state index >= 15 is 0 Å². The van der Waals surface area contributed by atoms with Crippen LogP contribution >= 0.6 is 11.6 Å². The fraction of sp³-hybridized carbons (Fsp3) is 0.158. The summed E-state index contributed by atoms with van der Waals surface area (Å²) in [6.07, 6.45) is 0. The molecule has 0 saturated carbocycles. The molecule has 1 aromatic heterocycles. The number of hydrogen-bond donors (Lipinski definition) is 1. The van der Waals surface area contributed by atoms with Crippen LogP contribution in [0.4, 0.5) is 0 Å². The Labute approximate surface area is 162 Å². The van der Waals surface area contributed by atoms with Crippen LogP contribution in [0.15, 0.2) is 59.5 Å². The molecule has 0 unspecified atom stereocenters. The van der Waals surface area contributed by atoms with Gasteiger partial charge in [-0.25, -0.2) is 13.1 Å². The number of sulfonamides is 1.